The number of para-hydroxylation sites is 1. The second-order valence-corrected chi connectivity index (χ2v) is 3.90. The van der Waals surface area contributed by atoms with Gasteiger partial charge in [0.1, 0.15) is 18.1 Å². The number of phenols is 1. The first-order valence-corrected chi connectivity index (χ1v) is 5.72. The molecule has 0 amide bonds. The summed E-state index contributed by atoms with van der Waals surface area (Å²) in [6.07, 6.45) is 0. The Labute approximate surface area is 107 Å². The summed E-state index contributed by atoms with van der Waals surface area (Å²) in [5.74, 6) is 7.05. The lowest BCUT2D eigenvalue weighted by Gasteiger charge is -2.00. The smallest absolute Gasteiger partial charge is 0.149 e. The predicted molar refractivity (Wildman–Crippen MR) is 71.7 cm³/mol. The Hall–Kier alpha value is -2.40. The van der Waals surface area contributed by atoms with Crippen molar-refractivity contribution in [3.63, 3.8) is 0 Å². The zero-order valence-corrected chi connectivity index (χ0v) is 10.2. The Morgan fingerprint density at radius 3 is 2.61 bits per heavy atom. The molecule has 0 spiro atoms. The minimum atomic E-state index is 0.293. The van der Waals surface area contributed by atoms with Gasteiger partial charge in [0.05, 0.1) is 0 Å². The SMILES string of the molecule is Cc1cc(C#CCOc2ccccc2)ccc1O. The fraction of sp³-hybridized carbons (Fsp3) is 0.125. The summed E-state index contributed by atoms with van der Waals surface area (Å²) in [4.78, 5) is 0. The van der Waals surface area contributed by atoms with Crippen LogP contribution in [0.3, 0.4) is 0 Å². The average molecular weight is 238 g/mol. The summed E-state index contributed by atoms with van der Waals surface area (Å²) < 4.78 is 5.46. The van der Waals surface area contributed by atoms with Crippen molar-refractivity contribution in [2.24, 2.45) is 0 Å². The maximum atomic E-state index is 9.39. The van der Waals surface area contributed by atoms with Crippen LogP contribution in [0, 0.1) is 18.8 Å². The maximum absolute atomic E-state index is 9.39. The first kappa shape index (κ1) is 12.1. The third kappa shape index (κ3) is 3.29. The van der Waals surface area contributed by atoms with Gasteiger partial charge in [-0.1, -0.05) is 30.0 Å². The van der Waals surface area contributed by atoms with E-state index in [1.54, 1.807) is 12.1 Å². The van der Waals surface area contributed by atoms with Crippen molar-refractivity contribution in [2.75, 3.05) is 6.61 Å². The molecule has 2 nitrogen and oxygen atoms in total. The zero-order chi connectivity index (χ0) is 12.8. The number of phenolic OH excluding ortho intramolecular Hbond substituents is 1. The van der Waals surface area contributed by atoms with Crippen LogP contribution >= 0.6 is 0 Å². The van der Waals surface area contributed by atoms with Gasteiger partial charge < -0.3 is 9.84 Å². The van der Waals surface area contributed by atoms with E-state index in [2.05, 4.69) is 11.8 Å². The summed E-state index contributed by atoms with van der Waals surface area (Å²) >= 11 is 0. The minimum Gasteiger partial charge on any atom is -0.508 e. The molecule has 2 aromatic rings. The Balaban J connectivity index is 1.94. The molecule has 2 aromatic carbocycles. The van der Waals surface area contributed by atoms with Crippen molar-refractivity contribution < 1.29 is 9.84 Å². The zero-order valence-electron chi connectivity index (χ0n) is 10.2. The molecule has 90 valence electrons. The first-order valence-electron chi connectivity index (χ1n) is 5.72. The summed E-state index contributed by atoms with van der Waals surface area (Å²) in [6, 6.07) is 14.9. The van der Waals surface area contributed by atoms with Gasteiger partial charge in [0, 0.05) is 5.56 Å². The van der Waals surface area contributed by atoms with Crippen molar-refractivity contribution in [3.05, 3.63) is 59.7 Å². The van der Waals surface area contributed by atoms with Gasteiger partial charge in [-0.2, -0.15) is 0 Å². The van der Waals surface area contributed by atoms with E-state index in [1.165, 1.54) is 0 Å². The number of rotatable bonds is 2. The van der Waals surface area contributed by atoms with Gasteiger partial charge >= 0.3 is 0 Å². The maximum Gasteiger partial charge on any atom is 0.149 e. The number of ether oxygens (including phenoxy) is 1. The van der Waals surface area contributed by atoms with Gasteiger partial charge in [-0.3, -0.25) is 0 Å². The van der Waals surface area contributed by atoms with Gasteiger partial charge in [0.25, 0.3) is 0 Å². The molecular formula is C16H14O2. The lowest BCUT2D eigenvalue weighted by Crippen LogP contribution is -1.93. The molecule has 0 aliphatic carbocycles. The standard InChI is InChI=1S/C16H14O2/c1-13-12-14(9-10-16(13)17)6-5-11-18-15-7-3-2-4-8-15/h2-4,7-10,12,17H,11H2,1H3. The Kier molecular flexibility index (Phi) is 3.88. The Morgan fingerprint density at radius 2 is 1.89 bits per heavy atom. The van der Waals surface area contributed by atoms with E-state index in [1.807, 2.05) is 43.3 Å². The Morgan fingerprint density at radius 1 is 1.11 bits per heavy atom. The Bertz CT molecular complexity index is 577. The number of benzene rings is 2. The molecule has 0 aromatic heterocycles. The van der Waals surface area contributed by atoms with Crippen molar-refractivity contribution in [3.8, 4) is 23.3 Å². The lowest BCUT2D eigenvalue weighted by atomic mass is 10.1. The molecule has 1 N–H and O–H groups in total. The minimum absolute atomic E-state index is 0.293. The molecule has 0 aliphatic heterocycles. The monoisotopic (exact) mass is 238 g/mol. The molecular weight excluding hydrogens is 224 g/mol. The van der Waals surface area contributed by atoms with Crippen molar-refractivity contribution in [2.45, 2.75) is 6.92 Å². The van der Waals surface area contributed by atoms with Crippen LogP contribution in [0.4, 0.5) is 0 Å². The number of hydrogen-bond donors (Lipinski definition) is 1. The number of hydrogen-bond acceptors (Lipinski definition) is 2. The highest BCUT2D eigenvalue weighted by atomic mass is 16.5. The van der Waals surface area contributed by atoms with Gasteiger partial charge in [0.2, 0.25) is 0 Å². The molecule has 18 heavy (non-hydrogen) atoms. The van der Waals surface area contributed by atoms with Crippen LogP contribution in [0.25, 0.3) is 0 Å². The van der Waals surface area contributed by atoms with Crippen LogP contribution in [-0.2, 0) is 0 Å². The van der Waals surface area contributed by atoms with Gasteiger partial charge in [-0.05, 0) is 42.8 Å². The van der Waals surface area contributed by atoms with E-state index >= 15 is 0 Å². The first-order chi connectivity index (χ1) is 8.75. The summed E-state index contributed by atoms with van der Waals surface area (Å²) in [6.45, 7) is 2.20. The van der Waals surface area contributed by atoms with Crippen LogP contribution < -0.4 is 4.74 Å². The van der Waals surface area contributed by atoms with Gasteiger partial charge in [-0.25, -0.2) is 0 Å². The van der Waals surface area contributed by atoms with Gasteiger partial charge in [0.15, 0.2) is 0 Å². The van der Waals surface area contributed by atoms with E-state index in [4.69, 9.17) is 4.74 Å². The fourth-order valence-corrected chi connectivity index (χ4v) is 1.51. The van der Waals surface area contributed by atoms with Crippen molar-refractivity contribution in [1.82, 2.24) is 0 Å². The molecule has 0 atom stereocenters. The molecule has 0 saturated heterocycles. The lowest BCUT2D eigenvalue weighted by molar-refractivity contribution is 0.370. The molecule has 0 saturated carbocycles. The van der Waals surface area contributed by atoms with Gasteiger partial charge in [-0.15, -0.1) is 0 Å². The molecule has 2 heteroatoms. The van der Waals surface area contributed by atoms with E-state index in [0.29, 0.717) is 12.4 Å². The van der Waals surface area contributed by atoms with E-state index in [9.17, 15) is 5.11 Å². The van der Waals surface area contributed by atoms with E-state index in [0.717, 1.165) is 16.9 Å². The van der Waals surface area contributed by atoms with Crippen LogP contribution in [0.2, 0.25) is 0 Å². The topological polar surface area (TPSA) is 29.5 Å². The average Bonchev–Trinajstić information content (AvgIpc) is 2.40. The van der Waals surface area contributed by atoms with E-state index < -0.39 is 0 Å². The molecule has 0 bridgehead atoms. The fourth-order valence-electron chi connectivity index (χ4n) is 1.51. The molecule has 0 aliphatic rings. The summed E-state index contributed by atoms with van der Waals surface area (Å²) in [7, 11) is 0. The summed E-state index contributed by atoms with van der Waals surface area (Å²) in [5.41, 5.74) is 1.70. The van der Waals surface area contributed by atoms with Crippen molar-refractivity contribution >= 4 is 0 Å². The second kappa shape index (κ2) is 5.79. The van der Waals surface area contributed by atoms with E-state index in [-0.39, 0.29) is 0 Å². The molecule has 2 rings (SSSR count). The molecule has 0 unspecified atom stereocenters. The quantitative estimate of drug-likeness (QED) is 0.814. The predicted octanol–water partition coefficient (Wildman–Crippen LogP) is 3.13. The largest absolute Gasteiger partial charge is 0.508 e. The van der Waals surface area contributed by atoms with Crippen LogP contribution in [-0.4, -0.2) is 11.7 Å². The highest BCUT2D eigenvalue weighted by Crippen LogP contribution is 2.16. The highest BCUT2D eigenvalue weighted by molar-refractivity contribution is 5.42. The van der Waals surface area contributed by atoms with Crippen LogP contribution in [0.15, 0.2) is 48.5 Å². The molecule has 0 radical (unpaired) electrons. The molecule has 0 fully saturated rings. The third-order valence-corrected chi connectivity index (χ3v) is 2.48. The number of aromatic hydroxyl groups is 1. The highest BCUT2D eigenvalue weighted by Gasteiger charge is 1.94. The van der Waals surface area contributed by atoms with Crippen LogP contribution in [0.1, 0.15) is 11.1 Å². The normalized spacial score (nSPS) is 9.39. The third-order valence-electron chi connectivity index (χ3n) is 2.48. The second-order valence-electron chi connectivity index (χ2n) is 3.90. The van der Waals surface area contributed by atoms with Crippen molar-refractivity contribution in [1.29, 1.82) is 0 Å². The number of aryl methyl sites for hydroxylation is 1. The molecule has 0 heterocycles. The summed E-state index contributed by atoms with van der Waals surface area (Å²) in [5, 5.41) is 9.39. The van der Waals surface area contributed by atoms with Crippen LogP contribution in [0.5, 0.6) is 11.5 Å².